The van der Waals surface area contributed by atoms with E-state index in [2.05, 4.69) is 5.16 Å². The van der Waals surface area contributed by atoms with E-state index in [-0.39, 0.29) is 17.8 Å². The van der Waals surface area contributed by atoms with Crippen molar-refractivity contribution in [1.82, 2.24) is 5.16 Å². The lowest BCUT2D eigenvalue weighted by Gasteiger charge is -2.22. The summed E-state index contributed by atoms with van der Waals surface area (Å²) in [5, 5.41) is 4.03. The molecule has 21 heavy (non-hydrogen) atoms. The van der Waals surface area contributed by atoms with Gasteiger partial charge in [-0.15, -0.1) is 0 Å². The lowest BCUT2D eigenvalue weighted by Crippen LogP contribution is -2.19. The van der Waals surface area contributed by atoms with E-state index in [0.29, 0.717) is 11.1 Å². The van der Waals surface area contributed by atoms with Crippen LogP contribution in [-0.2, 0) is 11.2 Å². The highest BCUT2D eigenvalue weighted by molar-refractivity contribution is 5.75. The van der Waals surface area contributed by atoms with Crippen molar-refractivity contribution in [3.05, 3.63) is 35.8 Å². The van der Waals surface area contributed by atoms with Crippen LogP contribution in [0, 0.1) is 5.82 Å². The topological polar surface area (TPSA) is 61.3 Å². The van der Waals surface area contributed by atoms with E-state index in [9.17, 15) is 4.39 Å². The van der Waals surface area contributed by atoms with Crippen LogP contribution in [0.4, 0.5) is 10.3 Å². The molecule has 1 fully saturated rings. The number of nitrogens with two attached hydrogens (primary N) is 1. The smallest absolute Gasteiger partial charge is 0.230 e. The number of ether oxygens (including phenoxy) is 1. The van der Waals surface area contributed by atoms with E-state index in [1.165, 1.54) is 18.6 Å². The molecule has 4 nitrogen and oxygen atoms in total. The first-order chi connectivity index (χ1) is 10.2. The van der Waals surface area contributed by atoms with Crippen molar-refractivity contribution < 1.29 is 13.7 Å². The summed E-state index contributed by atoms with van der Waals surface area (Å²) in [7, 11) is 0. The minimum absolute atomic E-state index is 0.236. The second-order valence-electron chi connectivity index (χ2n) is 5.41. The van der Waals surface area contributed by atoms with Crippen LogP contribution in [0.5, 0.6) is 0 Å². The van der Waals surface area contributed by atoms with Crippen molar-refractivity contribution in [2.75, 3.05) is 12.3 Å². The third-order valence-electron chi connectivity index (χ3n) is 3.88. The summed E-state index contributed by atoms with van der Waals surface area (Å²) in [6, 6.07) is 6.32. The van der Waals surface area contributed by atoms with Crippen LogP contribution >= 0.6 is 0 Å². The Labute approximate surface area is 123 Å². The van der Waals surface area contributed by atoms with E-state index in [0.717, 1.165) is 38.0 Å². The van der Waals surface area contributed by atoms with Gasteiger partial charge in [0.1, 0.15) is 5.82 Å². The minimum atomic E-state index is -0.297. The molecular formula is C16H19FN2O2. The molecule has 1 aromatic carbocycles. The number of rotatable bonds is 4. The SMILES string of the molecule is Nc1onc(CCC2CCCCO2)c1-c1cccc(F)c1. The van der Waals surface area contributed by atoms with Crippen LogP contribution in [0.1, 0.15) is 31.4 Å². The summed E-state index contributed by atoms with van der Waals surface area (Å²) >= 11 is 0. The molecule has 0 aliphatic carbocycles. The number of aryl methyl sites for hydroxylation is 1. The van der Waals surface area contributed by atoms with Crippen LogP contribution in [0.25, 0.3) is 11.1 Å². The van der Waals surface area contributed by atoms with Gasteiger partial charge in [0.05, 0.1) is 17.4 Å². The Morgan fingerprint density at radius 1 is 1.33 bits per heavy atom. The van der Waals surface area contributed by atoms with Crippen molar-refractivity contribution in [3.63, 3.8) is 0 Å². The van der Waals surface area contributed by atoms with Crippen molar-refractivity contribution in [2.24, 2.45) is 0 Å². The predicted octanol–water partition coefficient (Wildman–Crippen LogP) is 3.56. The lowest BCUT2D eigenvalue weighted by atomic mass is 9.99. The van der Waals surface area contributed by atoms with Crippen LogP contribution in [0.2, 0.25) is 0 Å². The first kappa shape index (κ1) is 14.1. The van der Waals surface area contributed by atoms with E-state index < -0.39 is 0 Å². The third-order valence-corrected chi connectivity index (χ3v) is 3.88. The molecule has 0 radical (unpaired) electrons. The average Bonchev–Trinajstić information content (AvgIpc) is 2.87. The zero-order chi connectivity index (χ0) is 14.7. The Morgan fingerprint density at radius 3 is 3.00 bits per heavy atom. The Balaban J connectivity index is 1.77. The predicted molar refractivity (Wildman–Crippen MR) is 78.2 cm³/mol. The number of hydrogen-bond donors (Lipinski definition) is 1. The molecule has 0 saturated carbocycles. The molecule has 0 bridgehead atoms. The van der Waals surface area contributed by atoms with E-state index >= 15 is 0 Å². The summed E-state index contributed by atoms with van der Waals surface area (Å²) in [6.07, 6.45) is 5.32. The highest BCUT2D eigenvalue weighted by atomic mass is 19.1. The summed E-state index contributed by atoms with van der Waals surface area (Å²) in [5.74, 6) is -0.0603. The molecule has 1 aliphatic rings. The van der Waals surface area contributed by atoms with E-state index in [4.69, 9.17) is 15.0 Å². The Bertz CT molecular complexity index is 606. The number of anilines is 1. The molecule has 1 aromatic heterocycles. The van der Waals surface area contributed by atoms with Gasteiger partial charge in [-0.3, -0.25) is 0 Å². The van der Waals surface area contributed by atoms with Crippen molar-refractivity contribution in [1.29, 1.82) is 0 Å². The second kappa shape index (κ2) is 6.26. The number of halogens is 1. The van der Waals surface area contributed by atoms with Crippen LogP contribution in [0.15, 0.2) is 28.8 Å². The maximum absolute atomic E-state index is 13.4. The molecule has 2 aromatic rings. The van der Waals surface area contributed by atoms with E-state index in [1.54, 1.807) is 6.07 Å². The minimum Gasteiger partial charge on any atom is -0.378 e. The fraction of sp³-hybridized carbons (Fsp3) is 0.438. The fourth-order valence-electron chi connectivity index (χ4n) is 2.79. The summed E-state index contributed by atoms with van der Waals surface area (Å²) in [4.78, 5) is 0. The molecule has 2 N–H and O–H groups in total. The van der Waals surface area contributed by atoms with Gasteiger partial charge < -0.3 is 15.0 Å². The number of aromatic nitrogens is 1. The monoisotopic (exact) mass is 290 g/mol. The van der Waals surface area contributed by atoms with Crippen LogP contribution in [0.3, 0.4) is 0 Å². The van der Waals surface area contributed by atoms with Crippen LogP contribution < -0.4 is 5.73 Å². The quantitative estimate of drug-likeness (QED) is 0.935. The van der Waals surface area contributed by atoms with Crippen LogP contribution in [-0.4, -0.2) is 17.9 Å². The molecular weight excluding hydrogens is 271 g/mol. The van der Waals surface area contributed by atoms with E-state index in [1.807, 2.05) is 6.07 Å². The second-order valence-corrected chi connectivity index (χ2v) is 5.41. The first-order valence-corrected chi connectivity index (χ1v) is 7.35. The Hall–Kier alpha value is -1.88. The fourth-order valence-corrected chi connectivity index (χ4v) is 2.79. The van der Waals surface area contributed by atoms with Crippen molar-refractivity contribution >= 4 is 5.88 Å². The van der Waals surface area contributed by atoms with Gasteiger partial charge in [0, 0.05) is 6.61 Å². The van der Waals surface area contributed by atoms with Crippen molar-refractivity contribution in [2.45, 2.75) is 38.2 Å². The highest BCUT2D eigenvalue weighted by Gasteiger charge is 2.19. The van der Waals surface area contributed by atoms with Gasteiger partial charge in [0.2, 0.25) is 5.88 Å². The molecule has 0 spiro atoms. The molecule has 112 valence electrons. The maximum Gasteiger partial charge on any atom is 0.230 e. The van der Waals surface area contributed by atoms with Gasteiger partial charge in [-0.2, -0.15) is 0 Å². The summed E-state index contributed by atoms with van der Waals surface area (Å²) in [6.45, 7) is 0.836. The standard InChI is InChI=1S/C16H19FN2O2/c17-12-5-3-4-11(10-12)15-14(19-21-16(15)18)8-7-13-6-1-2-9-20-13/h3-5,10,13H,1-2,6-9,18H2. The molecule has 1 saturated heterocycles. The van der Waals surface area contributed by atoms with Gasteiger partial charge in [0.15, 0.2) is 0 Å². The largest absolute Gasteiger partial charge is 0.378 e. The first-order valence-electron chi connectivity index (χ1n) is 7.35. The zero-order valence-corrected chi connectivity index (χ0v) is 11.8. The number of nitrogens with zero attached hydrogens (tertiary/aromatic N) is 1. The molecule has 2 heterocycles. The molecule has 1 aliphatic heterocycles. The molecule has 0 amide bonds. The number of nitrogen functional groups attached to an aromatic ring is 1. The van der Waals surface area contributed by atoms with Gasteiger partial charge in [-0.25, -0.2) is 4.39 Å². The summed E-state index contributed by atoms with van der Waals surface area (Å²) in [5.41, 5.74) is 8.02. The molecule has 1 unspecified atom stereocenters. The number of hydrogen-bond acceptors (Lipinski definition) is 4. The van der Waals surface area contributed by atoms with Crippen molar-refractivity contribution in [3.8, 4) is 11.1 Å². The maximum atomic E-state index is 13.4. The molecule has 1 atom stereocenters. The van der Waals surface area contributed by atoms with Gasteiger partial charge in [0.25, 0.3) is 0 Å². The average molecular weight is 290 g/mol. The molecule has 5 heteroatoms. The lowest BCUT2D eigenvalue weighted by molar-refractivity contribution is 0.0113. The van der Waals surface area contributed by atoms with Gasteiger partial charge in [-0.05, 0) is 49.8 Å². The zero-order valence-electron chi connectivity index (χ0n) is 11.8. The summed E-state index contributed by atoms with van der Waals surface area (Å²) < 4.78 is 24.2. The van der Waals surface area contributed by atoms with Gasteiger partial charge >= 0.3 is 0 Å². The Morgan fingerprint density at radius 2 is 2.24 bits per heavy atom. The van der Waals surface area contributed by atoms with Gasteiger partial charge in [-0.1, -0.05) is 17.3 Å². The third kappa shape index (κ3) is 3.24. The number of benzene rings is 1. The Kier molecular flexibility index (Phi) is 4.20. The highest BCUT2D eigenvalue weighted by Crippen LogP contribution is 2.31. The normalized spacial score (nSPS) is 18.8. The molecule has 3 rings (SSSR count).